The zero-order valence-corrected chi connectivity index (χ0v) is 22.9. The summed E-state index contributed by atoms with van der Waals surface area (Å²) in [4.78, 5) is 37.9. The lowest BCUT2D eigenvalue weighted by Crippen LogP contribution is -2.36. The second-order valence-corrected chi connectivity index (χ2v) is 11.1. The van der Waals surface area contributed by atoms with Crippen molar-refractivity contribution >= 4 is 45.7 Å². The summed E-state index contributed by atoms with van der Waals surface area (Å²) in [5.41, 5.74) is 0.111. The molecule has 1 amide bonds. The first-order valence-electron chi connectivity index (χ1n) is 12.0. The Labute approximate surface area is 228 Å². The Balaban J connectivity index is 1.27. The monoisotopic (exact) mass is 549 g/mol. The summed E-state index contributed by atoms with van der Waals surface area (Å²) in [5, 5.41) is 12.8. The van der Waals surface area contributed by atoms with Crippen molar-refractivity contribution in [3.63, 3.8) is 0 Å². The molecule has 196 valence electrons. The van der Waals surface area contributed by atoms with Gasteiger partial charge in [-0.1, -0.05) is 23.9 Å². The van der Waals surface area contributed by atoms with E-state index in [2.05, 4.69) is 9.97 Å². The molecule has 2 aromatic heterocycles. The molecule has 1 saturated heterocycles. The first-order chi connectivity index (χ1) is 18.3. The van der Waals surface area contributed by atoms with Gasteiger partial charge in [0.05, 0.1) is 30.4 Å². The molecule has 1 unspecified atom stereocenters. The second kappa shape index (κ2) is 10.7. The molecule has 1 N–H and O–H groups in total. The summed E-state index contributed by atoms with van der Waals surface area (Å²) < 4.78 is 10.5. The molecule has 0 bridgehead atoms. The molecular formula is C28H27N3O5S2. The number of likely N-dealkylation sites (tertiary alicyclic amines) is 1. The lowest BCUT2D eigenvalue weighted by atomic mass is 10.0. The highest BCUT2D eigenvalue weighted by Crippen LogP contribution is 2.38. The Morgan fingerprint density at radius 3 is 2.55 bits per heavy atom. The fourth-order valence-corrected chi connectivity index (χ4v) is 6.52. The third kappa shape index (κ3) is 5.11. The van der Waals surface area contributed by atoms with E-state index < -0.39 is 5.60 Å². The van der Waals surface area contributed by atoms with Crippen LogP contribution < -0.4 is 9.47 Å². The summed E-state index contributed by atoms with van der Waals surface area (Å²) >= 11 is 2.51. The highest BCUT2D eigenvalue weighted by molar-refractivity contribution is 8.00. The topological polar surface area (TPSA) is 102 Å². The van der Waals surface area contributed by atoms with Gasteiger partial charge >= 0.3 is 0 Å². The van der Waals surface area contributed by atoms with Gasteiger partial charge in [-0.2, -0.15) is 0 Å². The van der Waals surface area contributed by atoms with Gasteiger partial charge in [-0.25, -0.2) is 9.97 Å². The molecule has 0 saturated carbocycles. The standard InChI is InChI=1S/C28H27N3O5S2/c1-17-29-22-9-8-20(36-3)14-21(22)26(30-17)37-16-23(32)24-10-11-25(38-24)28(34)12-13-31(27(28)33)15-18-4-6-19(35-2)7-5-18/h4-11,14,34H,12-13,15-16H2,1-3H3. The molecular weight excluding hydrogens is 522 g/mol. The molecule has 1 aliphatic heterocycles. The summed E-state index contributed by atoms with van der Waals surface area (Å²) in [7, 11) is 3.20. The molecule has 4 aromatic rings. The number of thioether (sulfide) groups is 1. The molecule has 38 heavy (non-hydrogen) atoms. The van der Waals surface area contributed by atoms with Crippen molar-refractivity contribution in [3.05, 3.63) is 75.7 Å². The van der Waals surface area contributed by atoms with E-state index in [1.165, 1.54) is 23.1 Å². The van der Waals surface area contributed by atoms with Crippen LogP contribution in [-0.2, 0) is 16.9 Å². The SMILES string of the molecule is COc1ccc(CN2CCC(O)(c3ccc(C(=O)CSc4nc(C)nc5ccc(OC)cc45)s3)C2=O)cc1. The van der Waals surface area contributed by atoms with Crippen molar-refractivity contribution in [2.45, 2.75) is 30.5 Å². The number of hydrogen-bond acceptors (Lipinski definition) is 9. The Bertz CT molecular complexity index is 1500. The van der Waals surface area contributed by atoms with Crippen LogP contribution >= 0.6 is 23.1 Å². The number of aryl methyl sites for hydroxylation is 1. The zero-order valence-electron chi connectivity index (χ0n) is 21.3. The van der Waals surface area contributed by atoms with E-state index in [0.717, 1.165) is 22.2 Å². The Hall–Kier alpha value is -3.47. The van der Waals surface area contributed by atoms with E-state index >= 15 is 0 Å². The Morgan fingerprint density at radius 2 is 1.82 bits per heavy atom. The van der Waals surface area contributed by atoms with Crippen molar-refractivity contribution in [1.82, 2.24) is 14.9 Å². The van der Waals surface area contributed by atoms with Crippen LogP contribution in [0.1, 0.15) is 32.4 Å². The van der Waals surface area contributed by atoms with E-state index in [4.69, 9.17) is 9.47 Å². The first kappa shape index (κ1) is 26.1. The van der Waals surface area contributed by atoms with Gasteiger partial charge in [0.15, 0.2) is 11.4 Å². The maximum absolute atomic E-state index is 13.2. The van der Waals surface area contributed by atoms with Crippen molar-refractivity contribution in [2.24, 2.45) is 0 Å². The van der Waals surface area contributed by atoms with Crippen LogP contribution in [0.5, 0.6) is 11.5 Å². The third-order valence-corrected chi connectivity index (χ3v) is 8.79. The number of benzene rings is 2. The minimum absolute atomic E-state index is 0.0947. The number of aliphatic hydroxyl groups is 1. The number of carbonyl (C=O) groups is 2. The number of hydrogen-bond donors (Lipinski definition) is 1. The van der Waals surface area contributed by atoms with E-state index in [9.17, 15) is 14.7 Å². The predicted molar refractivity (Wildman–Crippen MR) is 147 cm³/mol. The normalized spacial score (nSPS) is 17.3. The average molecular weight is 550 g/mol. The lowest BCUT2D eigenvalue weighted by molar-refractivity contribution is -0.144. The number of thiophene rings is 1. The quantitative estimate of drug-likeness (QED) is 0.183. The zero-order chi connectivity index (χ0) is 26.9. The highest BCUT2D eigenvalue weighted by Gasteiger charge is 2.47. The largest absolute Gasteiger partial charge is 0.497 e. The van der Waals surface area contributed by atoms with Crippen molar-refractivity contribution in [2.75, 3.05) is 26.5 Å². The molecule has 5 rings (SSSR count). The Morgan fingerprint density at radius 1 is 1.08 bits per heavy atom. The van der Waals surface area contributed by atoms with Gasteiger partial charge in [-0.05, 0) is 55.0 Å². The molecule has 0 spiro atoms. The van der Waals surface area contributed by atoms with Crippen molar-refractivity contribution < 1.29 is 24.2 Å². The van der Waals surface area contributed by atoms with Gasteiger partial charge in [0.1, 0.15) is 22.3 Å². The number of nitrogens with zero attached hydrogens (tertiary/aromatic N) is 3. The van der Waals surface area contributed by atoms with Crippen LogP contribution in [0.3, 0.4) is 0 Å². The molecule has 2 aromatic carbocycles. The van der Waals surface area contributed by atoms with Crippen LogP contribution in [0.15, 0.2) is 59.6 Å². The predicted octanol–water partition coefficient (Wildman–Crippen LogP) is 4.61. The van der Waals surface area contributed by atoms with Crippen molar-refractivity contribution in [3.8, 4) is 11.5 Å². The smallest absolute Gasteiger partial charge is 0.260 e. The van der Waals surface area contributed by atoms with E-state index in [0.29, 0.717) is 39.4 Å². The second-order valence-electron chi connectivity index (χ2n) is 9.02. The van der Waals surface area contributed by atoms with Gasteiger partial charge in [0.25, 0.3) is 5.91 Å². The fourth-order valence-electron chi connectivity index (χ4n) is 4.44. The maximum atomic E-state index is 13.2. The molecule has 1 aliphatic rings. The number of Topliss-reactive ketones (excluding diaryl/α,β-unsaturated/α-hetero) is 1. The molecule has 0 radical (unpaired) electrons. The number of methoxy groups -OCH3 is 2. The van der Waals surface area contributed by atoms with Gasteiger partial charge in [0.2, 0.25) is 0 Å². The maximum Gasteiger partial charge on any atom is 0.260 e. The van der Waals surface area contributed by atoms with E-state index in [-0.39, 0.29) is 23.9 Å². The fraction of sp³-hybridized carbons (Fsp3) is 0.286. The first-order valence-corrected chi connectivity index (χ1v) is 13.8. The number of amides is 1. The summed E-state index contributed by atoms with van der Waals surface area (Å²) in [6.07, 6.45) is 0.277. The third-order valence-electron chi connectivity index (χ3n) is 6.53. The van der Waals surface area contributed by atoms with Gasteiger partial charge in [0, 0.05) is 29.8 Å². The number of carbonyl (C=O) groups excluding carboxylic acids is 2. The lowest BCUT2D eigenvalue weighted by Gasteiger charge is -2.21. The number of aromatic nitrogens is 2. The molecule has 1 fully saturated rings. The molecule has 3 heterocycles. The molecule has 0 aliphatic carbocycles. The minimum Gasteiger partial charge on any atom is -0.497 e. The van der Waals surface area contributed by atoms with Gasteiger partial charge in [-0.3, -0.25) is 9.59 Å². The van der Waals surface area contributed by atoms with Crippen LogP contribution in [0.2, 0.25) is 0 Å². The van der Waals surface area contributed by atoms with E-state index in [1.54, 1.807) is 31.3 Å². The molecule has 8 nitrogen and oxygen atoms in total. The summed E-state index contributed by atoms with van der Waals surface area (Å²) in [5.74, 6) is 1.78. The number of ketones is 1. The van der Waals surface area contributed by atoms with Crippen molar-refractivity contribution in [1.29, 1.82) is 0 Å². The minimum atomic E-state index is -1.63. The van der Waals surface area contributed by atoms with E-state index in [1.807, 2.05) is 49.4 Å². The Kier molecular flexibility index (Phi) is 7.38. The van der Waals surface area contributed by atoms with Crippen LogP contribution in [0, 0.1) is 6.92 Å². The van der Waals surface area contributed by atoms with Crippen LogP contribution in [0.4, 0.5) is 0 Å². The number of fused-ring (bicyclic) bond motifs is 1. The number of rotatable bonds is 9. The highest BCUT2D eigenvalue weighted by atomic mass is 32.2. The van der Waals surface area contributed by atoms with Gasteiger partial charge in [-0.15, -0.1) is 11.3 Å². The number of ether oxygens (including phenoxy) is 2. The van der Waals surface area contributed by atoms with Gasteiger partial charge < -0.3 is 19.5 Å². The summed E-state index contributed by atoms with van der Waals surface area (Å²) in [6, 6.07) is 16.5. The molecule has 10 heteroatoms. The average Bonchev–Trinajstić information content (AvgIpc) is 3.54. The molecule has 1 atom stereocenters. The van der Waals surface area contributed by atoms with Crippen LogP contribution in [0.25, 0.3) is 10.9 Å². The summed E-state index contributed by atoms with van der Waals surface area (Å²) in [6.45, 7) is 2.65. The van der Waals surface area contributed by atoms with Crippen LogP contribution in [-0.4, -0.2) is 58.2 Å².